The van der Waals surface area contributed by atoms with E-state index in [4.69, 9.17) is 14.6 Å². The highest BCUT2D eigenvalue weighted by Crippen LogP contribution is 2.24. The highest BCUT2D eigenvalue weighted by Gasteiger charge is 2.08. The molecule has 1 heterocycles. The van der Waals surface area contributed by atoms with Crippen molar-refractivity contribution in [2.24, 2.45) is 0 Å². The van der Waals surface area contributed by atoms with Crippen LogP contribution in [0.15, 0.2) is 42.5 Å². The molecule has 2 N–H and O–H groups in total. The molecule has 1 aromatic heterocycles. The summed E-state index contributed by atoms with van der Waals surface area (Å²) >= 11 is 0. The molecular weight excluding hydrogens is 342 g/mol. The molecule has 2 aromatic carbocycles. The minimum atomic E-state index is 0.127. The van der Waals surface area contributed by atoms with E-state index in [9.17, 15) is 0 Å². The number of methoxy groups -OCH3 is 1. The Morgan fingerprint density at radius 1 is 1.04 bits per heavy atom. The number of rotatable bonds is 8. The molecule has 27 heavy (non-hydrogen) atoms. The smallest absolute Gasteiger partial charge is 0.233 e. The molecule has 0 amide bonds. The van der Waals surface area contributed by atoms with Crippen molar-refractivity contribution in [1.29, 1.82) is 0 Å². The summed E-state index contributed by atoms with van der Waals surface area (Å²) in [5, 5.41) is 18.6. The van der Waals surface area contributed by atoms with Gasteiger partial charge in [-0.25, -0.2) is 4.68 Å². The lowest BCUT2D eigenvalue weighted by Crippen LogP contribution is -2.24. The Morgan fingerprint density at radius 2 is 1.78 bits per heavy atom. The summed E-state index contributed by atoms with van der Waals surface area (Å²) in [6.45, 7) is 7.88. The quantitative estimate of drug-likeness (QED) is 0.595. The molecule has 6 nitrogen and oxygen atoms in total. The number of hydrogen-bond donors (Lipinski definition) is 2. The average Bonchev–Trinajstić information content (AvgIpc) is 3.09. The molecule has 0 saturated carbocycles. The van der Waals surface area contributed by atoms with E-state index < -0.39 is 0 Å². The van der Waals surface area contributed by atoms with E-state index in [2.05, 4.69) is 22.5 Å². The Hall–Kier alpha value is -2.57. The van der Waals surface area contributed by atoms with E-state index in [1.54, 1.807) is 7.11 Å². The first-order valence-electron chi connectivity index (χ1n) is 9.30. The first-order chi connectivity index (χ1) is 13.2. The normalized spacial score (nSPS) is 10.4. The molecule has 0 aliphatic carbocycles. The van der Waals surface area contributed by atoms with Gasteiger partial charge < -0.3 is 19.9 Å². The minimum absolute atomic E-state index is 0.127. The van der Waals surface area contributed by atoms with Gasteiger partial charge in [0.25, 0.3) is 0 Å². The third-order valence-corrected chi connectivity index (χ3v) is 3.96. The Kier molecular flexibility index (Phi) is 8.10. The lowest BCUT2D eigenvalue weighted by molar-refractivity contribution is 0.271. The summed E-state index contributed by atoms with van der Waals surface area (Å²) in [4.78, 5) is 0. The van der Waals surface area contributed by atoms with Gasteiger partial charge in [-0.05, 0) is 42.0 Å². The fourth-order valence-corrected chi connectivity index (χ4v) is 2.68. The van der Waals surface area contributed by atoms with Crippen LogP contribution in [0.4, 0.5) is 0 Å². The van der Waals surface area contributed by atoms with Crippen LogP contribution in [0, 0.1) is 6.92 Å². The maximum absolute atomic E-state index is 8.73. The monoisotopic (exact) mass is 371 g/mol. The number of ether oxygens (including phenoxy) is 2. The van der Waals surface area contributed by atoms with Crippen LogP contribution in [0.1, 0.15) is 19.5 Å². The predicted octanol–water partition coefficient (Wildman–Crippen LogP) is 3.33. The lowest BCUT2D eigenvalue weighted by Gasteiger charge is -2.07. The van der Waals surface area contributed by atoms with Crippen molar-refractivity contribution in [3.05, 3.63) is 48.2 Å². The van der Waals surface area contributed by atoms with Gasteiger partial charge in [0.1, 0.15) is 12.4 Å². The van der Waals surface area contributed by atoms with Crippen molar-refractivity contribution < 1.29 is 14.6 Å². The van der Waals surface area contributed by atoms with E-state index in [1.165, 1.54) is 0 Å². The number of aryl methyl sites for hydroxylation is 1. The number of aromatic nitrogens is 2. The van der Waals surface area contributed by atoms with Crippen molar-refractivity contribution >= 4 is 10.8 Å². The number of aliphatic hydroxyl groups excluding tert-OH is 1. The minimum Gasteiger partial charge on any atom is -0.497 e. The molecule has 0 radical (unpaired) electrons. The van der Waals surface area contributed by atoms with Gasteiger partial charge in [0.15, 0.2) is 0 Å². The summed E-state index contributed by atoms with van der Waals surface area (Å²) < 4.78 is 12.8. The number of nitrogens with one attached hydrogen (secondary N) is 1. The summed E-state index contributed by atoms with van der Waals surface area (Å²) in [6.07, 6.45) is 0. The van der Waals surface area contributed by atoms with Gasteiger partial charge in [-0.2, -0.15) is 0 Å². The molecule has 0 fully saturated rings. The second-order valence-corrected chi connectivity index (χ2v) is 5.76. The fourth-order valence-electron chi connectivity index (χ4n) is 2.68. The Balaban J connectivity index is 0.00000126. The second kappa shape index (κ2) is 10.5. The number of fused-ring (bicyclic) bond motifs is 1. The summed E-state index contributed by atoms with van der Waals surface area (Å²) in [5.74, 6) is 1.44. The Morgan fingerprint density at radius 3 is 2.52 bits per heavy atom. The molecule has 0 unspecified atom stereocenters. The fraction of sp³-hybridized carbons (Fsp3) is 0.381. The van der Waals surface area contributed by atoms with Gasteiger partial charge in [-0.1, -0.05) is 26.0 Å². The van der Waals surface area contributed by atoms with E-state index in [0.29, 0.717) is 25.6 Å². The third kappa shape index (κ3) is 5.45. The van der Waals surface area contributed by atoms with Crippen LogP contribution in [-0.4, -0.2) is 48.3 Å². The highest BCUT2D eigenvalue weighted by molar-refractivity contribution is 5.85. The molecule has 0 bridgehead atoms. The molecular formula is C21H29N3O3. The van der Waals surface area contributed by atoms with Crippen molar-refractivity contribution in [2.45, 2.75) is 20.8 Å². The standard InChI is InChI=1S/C19H23N3O3.C2H6/c1-14-11-19(25-10-8-20-7-9-23)21-22(14)17-5-3-16-13-18(24-2)6-4-15(16)12-17;1-2/h3-6,11-13,20,23H,7-10H2,1-2H3;1-2H3. The van der Waals surface area contributed by atoms with Gasteiger partial charge in [0, 0.05) is 24.8 Å². The molecule has 3 aromatic rings. The third-order valence-electron chi connectivity index (χ3n) is 3.96. The van der Waals surface area contributed by atoms with E-state index >= 15 is 0 Å². The molecule has 146 valence electrons. The van der Waals surface area contributed by atoms with E-state index in [-0.39, 0.29) is 6.61 Å². The zero-order valence-corrected chi connectivity index (χ0v) is 16.5. The molecule has 0 saturated heterocycles. The van der Waals surface area contributed by atoms with Crippen molar-refractivity contribution in [1.82, 2.24) is 15.1 Å². The topological polar surface area (TPSA) is 68.5 Å². The van der Waals surface area contributed by atoms with Crippen LogP contribution in [-0.2, 0) is 0 Å². The van der Waals surface area contributed by atoms with Crippen LogP contribution in [0.25, 0.3) is 16.5 Å². The molecule has 6 heteroatoms. The maximum Gasteiger partial charge on any atom is 0.233 e. The SMILES string of the molecule is CC.COc1ccc2cc(-n3nc(OCCNCCO)cc3C)ccc2c1. The summed E-state index contributed by atoms with van der Waals surface area (Å²) in [6, 6.07) is 14.1. The van der Waals surface area contributed by atoms with Crippen molar-refractivity contribution in [3.63, 3.8) is 0 Å². The van der Waals surface area contributed by atoms with Gasteiger partial charge in [0.2, 0.25) is 5.88 Å². The molecule has 0 atom stereocenters. The van der Waals surface area contributed by atoms with Gasteiger partial charge >= 0.3 is 0 Å². The summed E-state index contributed by atoms with van der Waals surface area (Å²) in [5.41, 5.74) is 2.00. The van der Waals surface area contributed by atoms with Crippen LogP contribution in [0.2, 0.25) is 0 Å². The van der Waals surface area contributed by atoms with E-state index in [0.717, 1.165) is 27.9 Å². The largest absolute Gasteiger partial charge is 0.497 e. The van der Waals surface area contributed by atoms with Crippen molar-refractivity contribution in [3.8, 4) is 17.3 Å². The van der Waals surface area contributed by atoms with Crippen LogP contribution < -0.4 is 14.8 Å². The van der Waals surface area contributed by atoms with E-state index in [1.807, 2.05) is 55.8 Å². The predicted molar refractivity (Wildman–Crippen MR) is 109 cm³/mol. The first kappa shape index (κ1) is 20.7. The highest BCUT2D eigenvalue weighted by atomic mass is 16.5. The van der Waals surface area contributed by atoms with Crippen molar-refractivity contribution in [2.75, 3.05) is 33.4 Å². The second-order valence-electron chi connectivity index (χ2n) is 5.76. The van der Waals surface area contributed by atoms with Crippen LogP contribution in [0.3, 0.4) is 0 Å². The Bertz CT molecular complexity index is 846. The van der Waals surface area contributed by atoms with Crippen LogP contribution in [0.5, 0.6) is 11.6 Å². The van der Waals surface area contributed by atoms with Gasteiger partial charge in [-0.15, -0.1) is 5.10 Å². The number of hydrogen-bond acceptors (Lipinski definition) is 5. The first-order valence-corrected chi connectivity index (χ1v) is 9.30. The molecule has 0 aliphatic heterocycles. The zero-order chi connectivity index (χ0) is 19.6. The number of nitrogens with zero attached hydrogens (tertiary/aromatic N) is 2. The average molecular weight is 371 g/mol. The van der Waals surface area contributed by atoms with Gasteiger partial charge in [0.05, 0.1) is 19.4 Å². The molecule has 0 spiro atoms. The lowest BCUT2D eigenvalue weighted by atomic mass is 10.1. The van der Waals surface area contributed by atoms with Crippen LogP contribution >= 0.6 is 0 Å². The number of aliphatic hydroxyl groups is 1. The zero-order valence-electron chi connectivity index (χ0n) is 16.5. The van der Waals surface area contributed by atoms with Gasteiger partial charge in [-0.3, -0.25) is 0 Å². The molecule has 3 rings (SSSR count). The number of benzene rings is 2. The Labute approximate surface area is 160 Å². The summed E-state index contributed by atoms with van der Waals surface area (Å²) in [7, 11) is 1.67. The maximum atomic E-state index is 8.73. The molecule has 0 aliphatic rings.